The minimum absolute atomic E-state index is 0.105. The van der Waals surface area contributed by atoms with Gasteiger partial charge in [0, 0.05) is 37.7 Å². The Hall–Kier alpha value is -3.05. The lowest BCUT2D eigenvalue weighted by atomic mass is 9.87. The molecule has 2 heterocycles. The molecule has 5 nitrogen and oxygen atoms in total. The number of amides is 1. The summed E-state index contributed by atoms with van der Waals surface area (Å²) in [5, 5.41) is 0. The highest BCUT2D eigenvalue weighted by Crippen LogP contribution is 2.39. The van der Waals surface area contributed by atoms with Crippen molar-refractivity contribution in [3.05, 3.63) is 88.9 Å². The molecule has 0 aliphatic carbocycles. The highest BCUT2D eigenvalue weighted by molar-refractivity contribution is 5.94. The maximum Gasteiger partial charge on any atom is 0.253 e. The maximum absolute atomic E-state index is 13.5. The monoisotopic (exact) mass is 474 g/mol. The van der Waals surface area contributed by atoms with Gasteiger partial charge in [0.1, 0.15) is 17.3 Å². The van der Waals surface area contributed by atoms with Gasteiger partial charge in [0.25, 0.3) is 5.91 Å². The molecule has 2 aromatic carbocycles. The number of nitrogens with zero attached hydrogens (tertiary/aromatic N) is 2. The molecule has 0 bridgehead atoms. The smallest absolute Gasteiger partial charge is 0.253 e. The van der Waals surface area contributed by atoms with Crippen molar-refractivity contribution < 1.29 is 13.9 Å². The second-order valence-corrected chi connectivity index (χ2v) is 10.2. The summed E-state index contributed by atoms with van der Waals surface area (Å²) in [5.74, 6) is 3.94. The van der Waals surface area contributed by atoms with Crippen molar-refractivity contribution >= 4 is 5.91 Å². The van der Waals surface area contributed by atoms with Crippen molar-refractivity contribution in [2.75, 3.05) is 33.3 Å². The van der Waals surface area contributed by atoms with E-state index in [1.165, 1.54) is 11.1 Å². The number of para-hydroxylation sites is 1. The largest absolute Gasteiger partial charge is 0.496 e. The van der Waals surface area contributed by atoms with E-state index in [1.54, 1.807) is 7.11 Å². The molecule has 2 atom stereocenters. The van der Waals surface area contributed by atoms with Crippen LogP contribution in [0.3, 0.4) is 0 Å². The molecule has 2 unspecified atom stereocenters. The fraction of sp³-hybridized carbons (Fsp3) is 0.433. The Balaban J connectivity index is 1.61. The first kappa shape index (κ1) is 25.1. The summed E-state index contributed by atoms with van der Waals surface area (Å²) in [7, 11) is 1.74. The van der Waals surface area contributed by atoms with Crippen molar-refractivity contribution in [1.29, 1.82) is 0 Å². The Morgan fingerprint density at radius 1 is 1.09 bits per heavy atom. The van der Waals surface area contributed by atoms with Gasteiger partial charge in [-0.1, -0.05) is 50.2 Å². The number of hydrogen-bond acceptors (Lipinski definition) is 4. The van der Waals surface area contributed by atoms with Gasteiger partial charge >= 0.3 is 0 Å². The van der Waals surface area contributed by atoms with Gasteiger partial charge in [-0.15, -0.1) is 0 Å². The van der Waals surface area contributed by atoms with Crippen LogP contribution in [0.1, 0.15) is 52.8 Å². The summed E-state index contributed by atoms with van der Waals surface area (Å²) in [5.41, 5.74) is 3.15. The average Bonchev–Trinajstić information content (AvgIpc) is 3.39. The fourth-order valence-corrected chi connectivity index (χ4v) is 5.28. The number of hydrogen-bond donors (Lipinski definition) is 0. The van der Waals surface area contributed by atoms with Gasteiger partial charge < -0.3 is 14.1 Å². The van der Waals surface area contributed by atoms with Crippen molar-refractivity contribution in [2.45, 2.75) is 40.2 Å². The van der Waals surface area contributed by atoms with Gasteiger partial charge in [-0.3, -0.25) is 9.69 Å². The predicted octanol–water partition coefficient (Wildman–Crippen LogP) is 5.92. The molecule has 1 saturated heterocycles. The molecule has 0 N–H and O–H groups in total. The normalized spacial score (nSPS) is 18.2. The molecule has 0 radical (unpaired) electrons. The van der Waals surface area contributed by atoms with Crippen LogP contribution in [-0.2, 0) is 6.54 Å². The summed E-state index contributed by atoms with van der Waals surface area (Å²) < 4.78 is 11.7. The zero-order valence-electron chi connectivity index (χ0n) is 21.7. The molecule has 4 rings (SSSR count). The Morgan fingerprint density at radius 2 is 1.80 bits per heavy atom. The first-order chi connectivity index (χ1) is 16.9. The van der Waals surface area contributed by atoms with Crippen LogP contribution in [-0.4, -0.2) is 49.0 Å². The quantitative estimate of drug-likeness (QED) is 0.386. The van der Waals surface area contributed by atoms with Gasteiger partial charge in [-0.05, 0) is 61.1 Å². The number of carbonyl (C=O) groups is 1. The number of aryl methyl sites for hydroxylation is 2. The lowest BCUT2D eigenvalue weighted by molar-refractivity contribution is 0.0702. The van der Waals surface area contributed by atoms with Crippen molar-refractivity contribution in [3.8, 4) is 5.75 Å². The molecule has 1 aromatic heterocycles. The Kier molecular flexibility index (Phi) is 7.97. The summed E-state index contributed by atoms with van der Waals surface area (Å²) in [6.07, 6.45) is 0. The zero-order valence-corrected chi connectivity index (χ0v) is 21.7. The number of carbonyl (C=O) groups excluding carboxylic acids is 1. The van der Waals surface area contributed by atoms with Crippen LogP contribution in [0.4, 0.5) is 0 Å². The molecule has 1 amide bonds. The first-order valence-corrected chi connectivity index (χ1v) is 12.6. The van der Waals surface area contributed by atoms with Gasteiger partial charge in [0.2, 0.25) is 0 Å². The van der Waals surface area contributed by atoms with Gasteiger partial charge in [0.15, 0.2) is 0 Å². The van der Waals surface area contributed by atoms with Crippen LogP contribution >= 0.6 is 0 Å². The number of methoxy groups -OCH3 is 1. The Bertz CT molecular complexity index is 1100. The van der Waals surface area contributed by atoms with E-state index in [2.05, 4.69) is 48.8 Å². The number of benzene rings is 2. The van der Waals surface area contributed by atoms with Gasteiger partial charge in [-0.2, -0.15) is 0 Å². The van der Waals surface area contributed by atoms with Crippen LogP contribution in [0.15, 0.2) is 65.1 Å². The van der Waals surface area contributed by atoms with E-state index in [0.717, 1.165) is 49.0 Å². The second-order valence-electron chi connectivity index (χ2n) is 10.2. The fourth-order valence-electron chi connectivity index (χ4n) is 5.28. The molecule has 1 aliphatic heterocycles. The first-order valence-electron chi connectivity index (χ1n) is 12.6. The molecular weight excluding hydrogens is 436 g/mol. The lowest BCUT2D eigenvalue weighted by Crippen LogP contribution is -2.39. The maximum atomic E-state index is 13.5. The Morgan fingerprint density at radius 3 is 2.46 bits per heavy atom. The van der Waals surface area contributed by atoms with Crippen molar-refractivity contribution in [1.82, 2.24) is 9.80 Å². The highest BCUT2D eigenvalue weighted by Gasteiger charge is 2.37. The van der Waals surface area contributed by atoms with E-state index in [4.69, 9.17) is 9.15 Å². The SMILES string of the molecule is COc1ccccc1C1CN(Cc2cc(C)c(C)o2)CC1CN(CC(C)C)C(=O)c1ccccc1. The van der Waals surface area contributed by atoms with E-state index in [1.807, 2.05) is 49.4 Å². The summed E-state index contributed by atoms with van der Waals surface area (Å²) in [6, 6.07) is 20.1. The molecule has 35 heavy (non-hydrogen) atoms. The van der Waals surface area contributed by atoms with E-state index in [9.17, 15) is 4.79 Å². The van der Waals surface area contributed by atoms with E-state index in [0.29, 0.717) is 12.5 Å². The lowest BCUT2D eigenvalue weighted by Gasteiger charge is -2.30. The predicted molar refractivity (Wildman–Crippen MR) is 140 cm³/mol. The number of likely N-dealkylation sites (tertiary alicyclic amines) is 1. The number of ether oxygens (including phenoxy) is 1. The van der Waals surface area contributed by atoms with Crippen molar-refractivity contribution in [3.63, 3.8) is 0 Å². The molecule has 0 spiro atoms. The van der Waals surface area contributed by atoms with Crippen LogP contribution in [0.2, 0.25) is 0 Å². The third kappa shape index (κ3) is 5.96. The molecular formula is C30H38N2O3. The van der Waals surface area contributed by atoms with Gasteiger partial charge in [-0.25, -0.2) is 0 Å². The Labute approximate surface area is 209 Å². The average molecular weight is 475 g/mol. The molecule has 186 valence electrons. The van der Waals surface area contributed by atoms with Crippen LogP contribution in [0.5, 0.6) is 5.75 Å². The second kappa shape index (κ2) is 11.1. The molecule has 1 fully saturated rings. The molecule has 5 heteroatoms. The van der Waals surface area contributed by atoms with E-state index >= 15 is 0 Å². The molecule has 3 aromatic rings. The highest BCUT2D eigenvalue weighted by atomic mass is 16.5. The van der Waals surface area contributed by atoms with Crippen LogP contribution < -0.4 is 4.74 Å². The minimum Gasteiger partial charge on any atom is -0.496 e. The molecule has 0 saturated carbocycles. The topological polar surface area (TPSA) is 45.9 Å². The number of furan rings is 1. The van der Waals surface area contributed by atoms with Crippen LogP contribution in [0, 0.1) is 25.7 Å². The zero-order chi connectivity index (χ0) is 24.9. The minimum atomic E-state index is 0.105. The van der Waals surface area contributed by atoms with Crippen molar-refractivity contribution in [2.24, 2.45) is 11.8 Å². The van der Waals surface area contributed by atoms with E-state index in [-0.39, 0.29) is 17.7 Å². The summed E-state index contributed by atoms with van der Waals surface area (Å²) >= 11 is 0. The third-order valence-corrected chi connectivity index (χ3v) is 7.00. The summed E-state index contributed by atoms with van der Waals surface area (Å²) in [4.78, 5) is 18.0. The molecule has 1 aliphatic rings. The van der Waals surface area contributed by atoms with Gasteiger partial charge in [0.05, 0.1) is 13.7 Å². The summed E-state index contributed by atoms with van der Waals surface area (Å²) in [6.45, 7) is 12.5. The third-order valence-electron chi connectivity index (χ3n) is 7.00. The standard InChI is InChI=1S/C30H38N2O3/c1-21(2)16-32(30(33)24-11-7-6-8-12-24)18-25-17-31(19-26-15-22(3)23(4)35-26)20-28(25)27-13-9-10-14-29(27)34-5/h6-15,21,25,28H,16-20H2,1-5H3. The van der Waals surface area contributed by atoms with E-state index < -0.39 is 0 Å². The van der Waals surface area contributed by atoms with Crippen LogP contribution in [0.25, 0.3) is 0 Å². The number of rotatable bonds is 9.